The molecule has 2 unspecified atom stereocenters. The number of benzene rings is 2. The molecule has 2 aromatic rings. The van der Waals surface area contributed by atoms with Gasteiger partial charge < -0.3 is 15.6 Å². The van der Waals surface area contributed by atoms with Crippen LogP contribution in [0.15, 0.2) is 48.5 Å². The lowest BCUT2D eigenvalue weighted by molar-refractivity contribution is 0.00720. The Kier molecular flexibility index (Phi) is 4.60. The van der Waals surface area contributed by atoms with E-state index in [0.717, 1.165) is 5.56 Å². The molecule has 4 heteroatoms. The number of aliphatic hydroxyl groups is 1. The van der Waals surface area contributed by atoms with Gasteiger partial charge in [0, 0.05) is 11.6 Å². The quantitative estimate of drug-likeness (QED) is 0.889. The van der Waals surface area contributed by atoms with Crippen molar-refractivity contribution in [1.29, 1.82) is 0 Å². The van der Waals surface area contributed by atoms with Crippen LogP contribution in [0.3, 0.4) is 0 Å². The Labute approximate surface area is 124 Å². The molecule has 0 fully saturated rings. The lowest BCUT2D eigenvalue weighted by Gasteiger charge is -2.25. The van der Waals surface area contributed by atoms with Gasteiger partial charge in [-0.1, -0.05) is 30.3 Å². The smallest absolute Gasteiger partial charge is 0.124 e. The standard InChI is InChI=1S/C17H20FNO2/c1-12(19)15-10-14(18)8-9-16(15)21-11-17(2,20)13-6-4-3-5-7-13/h3-10,12,20H,11,19H2,1-2H3. The van der Waals surface area contributed by atoms with Gasteiger partial charge in [-0.15, -0.1) is 0 Å². The van der Waals surface area contributed by atoms with Crippen molar-refractivity contribution >= 4 is 0 Å². The van der Waals surface area contributed by atoms with Crippen LogP contribution in [0.2, 0.25) is 0 Å². The third-order valence-electron chi connectivity index (χ3n) is 3.37. The molecule has 0 aliphatic heterocycles. The summed E-state index contributed by atoms with van der Waals surface area (Å²) in [5, 5.41) is 10.5. The van der Waals surface area contributed by atoms with E-state index in [0.29, 0.717) is 11.3 Å². The highest BCUT2D eigenvalue weighted by atomic mass is 19.1. The van der Waals surface area contributed by atoms with Crippen LogP contribution in [-0.4, -0.2) is 11.7 Å². The zero-order chi connectivity index (χ0) is 15.5. The largest absolute Gasteiger partial charge is 0.490 e. The number of rotatable bonds is 5. The van der Waals surface area contributed by atoms with Crippen LogP contribution in [0.4, 0.5) is 4.39 Å². The van der Waals surface area contributed by atoms with E-state index in [-0.39, 0.29) is 18.5 Å². The van der Waals surface area contributed by atoms with Gasteiger partial charge in [-0.2, -0.15) is 0 Å². The summed E-state index contributed by atoms with van der Waals surface area (Å²) < 4.78 is 19.0. The Balaban J connectivity index is 2.16. The number of nitrogens with two attached hydrogens (primary N) is 1. The molecule has 0 saturated carbocycles. The number of ether oxygens (including phenoxy) is 1. The average molecular weight is 289 g/mol. The summed E-state index contributed by atoms with van der Waals surface area (Å²) in [6.07, 6.45) is 0. The highest BCUT2D eigenvalue weighted by Gasteiger charge is 2.24. The summed E-state index contributed by atoms with van der Waals surface area (Å²) in [5.74, 6) is 0.132. The zero-order valence-electron chi connectivity index (χ0n) is 12.2. The van der Waals surface area contributed by atoms with E-state index < -0.39 is 5.60 Å². The average Bonchev–Trinajstić information content (AvgIpc) is 2.47. The third-order valence-corrected chi connectivity index (χ3v) is 3.37. The number of halogens is 1. The van der Waals surface area contributed by atoms with Crippen molar-refractivity contribution in [2.45, 2.75) is 25.5 Å². The second-order valence-corrected chi connectivity index (χ2v) is 5.40. The van der Waals surface area contributed by atoms with Gasteiger partial charge in [0.2, 0.25) is 0 Å². The predicted octanol–water partition coefficient (Wildman–Crippen LogP) is 3.13. The minimum atomic E-state index is -1.13. The first-order valence-corrected chi connectivity index (χ1v) is 6.86. The predicted molar refractivity (Wildman–Crippen MR) is 80.5 cm³/mol. The minimum absolute atomic E-state index is 0.0579. The molecule has 0 radical (unpaired) electrons. The van der Waals surface area contributed by atoms with Gasteiger partial charge in [0.25, 0.3) is 0 Å². The molecule has 112 valence electrons. The van der Waals surface area contributed by atoms with Gasteiger partial charge in [-0.05, 0) is 37.6 Å². The third kappa shape index (κ3) is 3.80. The normalized spacial score (nSPS) is 15.3. The van der Waals surface area contributed by atoms with Crippen molar-refractivity contribution in [3.63, 3.8) is 0 Å². The monoisotopic (exact) mass is 289 g/mol. The van der Waals surface area contributed by atoms with Crippen molar-refractivity contribution in [2.24, 2.45) is 5.73 Å². The van der Waals surface area contributed by atoms with Crippen LogP contribution in [0, 0.1) is 5.82 Å². The van der Waals surface area contributed by atoms with E-state index in [1.165, 1.54) is 18.2 Å². The topological polar surface area (TPSA) is 55.5 Å². The maximum Gasteiger partial charge on any atom is 0.124 e. The van der Waals surface area contributed by atoms with Crippen molar-refractivity contribution < 1.29 is 14.2 Å². The fourth-order valence-electron chi connectivity index (χ4n) is 2.11. The Morgan fingerprint density at radius 2 is 1.90 bits per heavy atom. The van der Waals surface area contributed by atoms with Gasteiger partial charge >= 0.3 is 0 Å². The SMILES string of the molecule is CC(N)c1cc(F)ccc1OCC(C)(O)c1ccccc1. The number of hydrogen-bond donors (Lipinski definition) is 2. The Hall–Kier alpha value is -1.91. The molecule has 0 bridgehead atoms. The van der Waals surface area contributed by atoms with Gasteiger partial charge in [0.05, 0.1) is 0 Å². The second kappa shape index (κ2) is 6.24. The lowest BCUT2D eigenvalue weighted by atomic mass is 9.97. The van der Waals surface area contributed by atoms with Crippen LogP contribution < -0.4 is 10.5 Å². The van der Waals surface area contributed by atoms with Gasteiger partial charge in [-0.25, -0.2) is 4.39 Å². The van der Waals surface area contributed by atoms with Crippen LogP contribution in [0.5, 0.6) is 5.75 Å². The first kappa shape index (κ1) is 15.5. The highest BCUT2D eigenvalue weighted by molar-refractivity contribution is 5.36. The van der Waals surface area contributed by atoms with E-state index in [2.05, 4.69) is 0 Å². The molecular formula is C17H20FNO2. The van der Waals surface area contributed by atoms with Gasteiger partial charge in [0.1, 0.15) is 23.8 Å². The molecular weight excluding hydrogens is 269 g/mol. The maximum atomic E-state index is 13.3. The molecule has 0 amide bonds. The van der Waals surface area contributed by atoms with E-state index in [4.69, 9.17) is 10.5 Å². The summed E-state index contributed by atoms with van der Waals surface area (Å²) in [6.45, 7) is 3.50. The van der Waals surface area contributed by atoms with E-state index >= 15 is 0 Å². The molecule has 0 aliphatic rings. The summed E-state index contributed by atoms with van der Waals surface area (Å²) in [6, 6.07) is 13.1. The molecule has 0 heterocycles. The molecule has 2 rings (SSSR count). The van der Waals surface area contributed by atoms with Crippen LogP contribution in [0.25, 0.3) is 0 Å². The molecule has 0 saturated heterocycles. The van der Waals surface area contributed by atoms with Crippen LogP contribution in [0.1, 0.15) is 31.0 Å². The molecule has 2 atom stereocenters. The van der Waals surface area contributed by atoms with Crippen LogP contribution in [-0.2, 0) is 5.60 Å². The second-order valence-electron chi connectivity index (χ2n) is 5.40. The van der Waals surface area contributed by atoms with Crippen molar-refractivity contribution in [2.75, 3.05) is 6.61 Å². The summed E-state index contributed by atoms with van der Waals surface area (Å²) in [5.41, 5.74) is 6.03. The summed E-state index contributed by atoms with van der Waals surface area (Å²) >= 11 is 0. The summed E-state index contributed by atoms with van der Waals surface area (Å²) in [4.78, 5) is 0. The highest BCUT2D eigenvalue weighted by Crippen LogP contribution is 2.27. The molecule has 0 aromatic heterocycles. The Morgan fingerprint density at radius 3 is 2.52 bits per heavy atom. The van der Waals surface area contributed by atoms with E-state index in [9.17, 15) is 9.50 Å². The van der Waals surface area contributed by atoms with E-state index in [1.54, 1.807) is 13.8 Å². The van der Waals surface area contributed by atoms with Crippen molar-refractivity contribution in [3.8, 4) is 5.75 Å². The first-order valence-electron chi connectivity index (χ1n) is 6.86. The molecule has 0 spiro atoms. The molecule has 3 N–H and O–H groups in total. The maximum absolute atomic E-state index is 13.3. The zero-order valence-corrected chi connectivity index (χ0v) is 12.2. The van der Waals surface area contributed by atoms with Gasteiger partial charge in [0.15, 0.2) is 0 Å². The molecule has 3 nitrogen and oxygen atoms in total. The minimum Gasteiger partial charge on any atom is -0.490 e. The van der Waals surface area contributed by atoms with Crippen molar-refractivity contribution in [3.05, 3.63) is 65.5 Å². The fraction of sp³-hybridized carbons (Fsp3) is 0.294. The Morgan fingerprint density at radius 1 is 1.24 bits per heavy atom. The molecule has 2 aromatic carbocycles. The summed E-state index contributed by atoms with van der Waals surface area (Å²) in [7, 11) is 0. The number of hydrogen-bond acceptors (Lipinski definition) is 3. The van der Waals surface area contributed by atoms with Gasteiger partial charge in [-0.3, -0.25) is 0 Å². The lowest BCUT2D eigenvalue weighted by Crippen LogP contribution is -2.29. The molecule has 21 heavy (non-hydrogen) atoms. The van der Waals surface area contributed by atoms with E-state index in [1.807, 2.05) is 30.3 Å². The fourth-order valence-corrected chi connectivity index (χ4v) is 2.11. The Bertz CT molecular complexity index is 597. The molecule has 0 aliphatic carbocycles. The van der Waals surface area contributed by atoms with Crippen LogP contribution >= 0.6 is 0 Å². The van der Waals surface area contributed by atoms with Crippen molar-refractivity contribution in [1.82, 2.24) is 0 Å². The first-order chi connectivity index (χ1) is 9.90.